The second kappa shape index (κ2) is 9.36. The van der Waals surface area contributed by atoms with Crippen LogP contribution in [-0.4, -0.2) is 60.8 Å². The predicted octanol–water partition coefficient (Wildman–Crippen LogP) is 2.80. The highest BCUT2D eigenvalue weighted by Gasteiger charge is 2.37. The number of carbonyl (C=O) groups is 4. The van der Waals surface area contributed by atoms with Crippen molar-refractivity contribution in [2.45, 2.75) is 6.54 Å². The molecule has 2 aromatic carbocycles. The van der Waals surface area contributed by atoms with E-state index in [9.17, 15) is 19.2 Å². The monoisotopic (exact) mass is 464 g/mol. The first-order valence-electron chi connectivity index (χ1n) is 9.09. The number of benzene rings is 2. The van der Waals surface area contributed by atoms with Gasteiger partial charge in [-0.2, -0.15) is 0 Å². The highest BCUT2D eigenvalue weighted by atomic mass is 35.5. The fraction of sp³-hybridized carbons (Fsp3) is 0.238. The van der Waals surface area contributed by atoms with E-state index in [1.54, 1.807) is 13.1 Å². The Morgan fingerprint density at radius 1 is 1.03 bits per heavy atom. The van der Waals surface area contributed by atoms with Crippen molar-refractivity contribution < 1.29 is 28.7 Å². The number of halogens is 2. The zero-order chi connectivity index (χ0) is 22.7. The molecule has 2 aromatic rings. The van der Waals surface area contributed by atoms with Crippen molar-refractivity contribution in [1.29, 1.82) is 0 Å². The molecular formula is C21H18Cl2N2O6. The van der Waals surface area contributed by atoms with Crippen molar-refractivity contribution in [3.05, 3.63) is 63.1 Å². The summed E-state index contributed by atoms with van der Waals surface area (Å²) < 4.78 is 10.2. The van der Waals surface area contributed by atoms with Gasteiger partial charge in [0.25, 0.3) is 17.7 Å². The second-order valence-electron chi connectivity index (χ2n) is 6.73. The van der Waals surface area contributed by atoms with E-state index in [1.807, 2.05) is 18.2 Å². The lowest BCUT2D eigenvalue weighted by atomic mass is 10.1. The Balaban J connectivity index is 1.56. The van der Waals surface area contributed by atoms with Crippen LogP contribution < -0.4 is 4.74 Å². The SMILES string of the molecule is COc1ccccc1CN(C)C(=O)COC(=O)CN1C(=O)c2cc(Cl)c(Cl)cc2C1=O. The van der Waals surface area contributed by atoms with E-state index < -0.39 is 36.8 Å². The van der Waals surface area contributed by atoms with Crippen LogP contribution in [0.15, 0.2) is 36.4 Å². The van der Waals surface area contributed by atoms with Gasteiger partial charge < -0.3 is 14.4 Å². The van der Waals surface area contributed by atoms with Gasteiger partial charge in [-0.3, -0.25) is 24.1 Å². The van der Waals surface area contributed by atoms with Gasteiger partial charge >= 0.3 is 5.97 Å². The predicted molar refractivity (Wildman–Crippen MR) is 112 cm³/mol. The molecule has 0 bridgehead atoms. The number of hydrogen-bond donors (Lipinski definition) is 0. The molecule has 0 aromatic heterocycles. The molecule has 0 saturated carbocycles. The van der Waals surface area contributed by atoms with E-state index in [0.717, 1.165) is 10.5 Å². The van der Waals surface area contributed by atoms with Crippen LogP contribution in [0.2, 0.25) is 10.0 Å². The summed E-state index contributed by atoms with van der Waals surface area (Å²) >= 11 is 11.8. The van der Waals surface area contributed by atoms with Crippen LogP contribution in [0.5, 0.6) is 5.75 Å². The summed E-state index contributed by atoms with van der Waals surface area (Å²) in [5.41, 5.74) is 0.898. The summed E-state index contributed by atoms with van der Waals surface area (Å²) in [5, 5.41) is 0.240. The Bertz CT molecular complexity index is 1030. The molecule has 3 amide bonds. The summed E-state index contributed by atoms with van der Waals surface area (Å²) in [5.74, 6) is -2.10. The molecule has 0 radical (unpaired) electrons. The number of imide groups is 1. The van der Waals surface area contributed by atoms with E-state index in [1.165, 1.54) is 24.1 Å². The maximum Gasteiger partial charge on any atom is 0.326 e. The summed E-state index contributed by atoms with van der Waals surface area (Å²) in [6, 6.07) is 9.78. The normalized spacial score (nSPS) is 12.6. The highest BCUT2D eigenvalue weighted by Crippen LogP contribution is 2.31. The molecule has 8 nitrogen and oxygen atoms in total. The first-order chi connectivity index (χ1) is 14.7. The molecule has 1 aliphatic rings. The van der Waals surface area contributed by atoms with Gasteiger partial charge in [0.2, 0.25) is 0 Å². The fourth-order valence-corrected chi connectivity index (χ4v) is 3.36. The lowest BCUT2D eigenvalue weighted by Gasteiger charge is -2.19. The third kappa shape index (κ3) is 4.81. The van der Waals surface area contributed by atoms with Crippen LogP contribution >= 0.6 is 23.2 Å². The largest absolute Gasteiger partial charge is 0.496 e. The van der Waals surface area contributed by atoms with Crippen LogP contribution in [-0.2, 0) is 20.9 Å². The Morgan fingerprint density at radius 3 is 2.19 bits per heavy atom. The van der Waals surface area contributed by atoms with Gasteiger partial charge in [-0.25, -0.2) is 0 Å². The van der Waals surface area contributed by atoms with Crippen molar-refractivity contribution in [3.63, 3.8) is 0 Å². The molecular weight excluding hydrogens is 447 g/mol. The average Bonchev–Trinajstić information content (AvgIpc) is 2.97. The Hall–Kier alpha value is -3.10. The van der Waals surface area contributed by atoms with Crippen molar-refractivity contribution in [3.8, 4) is 5.75 Å². The molecule has 1 heterocycles. The summed E-state index contributed by atoms with van der Waals surface area (Å²) in [6.45, 7) is -0.920. The van der Waals surface area contributed by atoms with Crippen molar-refractivity contribution in [2.24, 2.45) is 0 Å². The van der Waals surface area contributed by atoms with Crippen LogP contribution in [0.4, 0.5) is 0 Å². The first kappa shape index (κ1) is 22.6. The van der Waals surface area contributed by atoms with Gasteiger partial charge in [-0.05, 0) is 18.2 Å². The Labute approximate surface area is 188 Å². The molecule has 3 rings (SSSR count). The van der Waals surface area contributed by atoms with Gasteiger partial charge in [-0.1, -0.05) is 41.4 Å². The summed E-state index contributed by atoms with van der Waals surface area (Å²) in [6.07, 6.45) is 0. The van der Waals surface area contributed by atoms with Gasteiger partial charge in [0.15, 0.2) is 6.61 Å². The number of carbonyl (C=O) groups excluding carboxylic acids is 4. The fourth-order valence-electron chi connectivity index (χ4n) is 3.03. The zero-order valence-electron chi connectivity index (χ0n) is 16.7. The van der Waals surface area contributed by atoms with Gasteiger partial charge in [0.1, 0.15) is 12.3 Å². The molecule has 162 valence electrons. The molecule has 10 heteroatoms. The number of amides is 3. The van der Waals surface area contributed by atoms with E-state index in [0.29, 0.717) is 5.75 Å². The number of nitrogens with zero attached hydrogens (tertiary/aromatic N) is 2. The summed E-state index contributed by atoms with van der Waals surface area (Å²) in [4.78, 5) is 51.4. The number of para-hydroxylation sites is 1. The summed E-state index contributed by atoms with van der Waals surface area (Å²) in [7, 11) is 3.09. The van der Waals surface area contributed by atoms with E-state index in [-0.39, 0.29) is 27.7 Å². The van der Waals surface area contributed by atoms with Crippen molar-refractivity contribution >= 4 is 46.9 Å². The molecule has 0 spiro atoms. The molecule has 0 unspecified atom stereocenters. The number of rotatable bonds is 7. The highest BCUT2D eigenvalue weighted by molar-refractivity contribution is 6.43. The minimum Gasteiger partial charge on any atom is -0.496 e. The number of ether oxygens (including phenoxy) is 2. The van der Waals surface area contributed by atoms with Crippen LogP contribution in [0.1, 0.15) is 26.3 Å². The smallest absolute Gasteiger partial charge is 0.326 e. The number of hydrogen-bond acceptors (Lipinski definition) is 6. The number of likely N-dealkylation sites (N-methyl/N-ethyl adjacent to an activating group) is 1. The quantitative estimate of drug-likeness (QED) is 0.461. The lowest BCUT2D eigenvalue weighted by molar-refractivity contribution is -0.151. The van der Waals surface area contributed by atoms with Crippen LogP contribution in [0.25, 0.3) is 0 Å². The molecule has 0 atom stereocenters. The van der Waals surface area contributed by atoms with E-state index in [4.69, 9.17) is 32.7 Å². The van der Waals surface area contributed by atoms with E-state index in [2.05, 4.69) is 0 Å². The molecule has 31 heavy (non-hydrogen) atoms. The zero-order valence-corrected chi connectivity index (χ0v) is 18.2. The Morgan fingerprint density at radius 2 is 1.61 bits per heavy atom. The van der Waals surface area contributed by atoms with E-state index >= 15 is 0 Å². The van der Waals surface area contributed by atoms with Gasteiger partial charge in [-0.15, -0.1) is 0 Å². The maximum atomic E-state index is 12.4. The van der Waals surface area contributed by atoms with Gasteiger partial charge in [0.05, 0.1) is 28.3 Å². The molecule has 0 aliphatic carbocycles. The van der Waals surface area contributed by atoms with Gasteiger partial charge in [0, 0.05) is 19.2 Å². The van der Waals surface area contributed by atoms with Crippen molar-refractivity contribution in [1.82, 2.24) is 9.80 Å². The average molecular weight is 465 g/mol. The minimum atomic E-state index is -0.897. The standard InChI is InChI=1S/C21H18Cl2N2O6/c1-24(9-12-5-3-4-6-17(12)30-2)18(26)11-31-19(27)10-25-20(28)13-7-15(22)16(23)8-14(13)21(25)29/h3-8H,9-11H2,1-2H3. The second-order valence-corrected chi connectivity index (χ2v) is 7.55. The molecule has 0 fully saturated rings. The number of esters is 1. The first-order valence-corrected chi connectivity index (χ1v) is 9.85. The third-order valence-electron chi connectivity index (χ3n) is 4.68. The topological polar surface area (TPSA) is 93.2 Å². The maximum absolute atomic E-state index is 12.4. The number of methoxy groups -OCH3 is 1. The Kier molecular flexibility index (Phi) is 6.82. The number of fused-ring (bicyclic) bond motifs is 1. The molecule has 0 N–H and O–H groups in total. The third-order valence-corrected chi connectivity index (χ3v) is 5.40. The van der Waals surface area contributed by atoms with Crippen LogP contribution in [0.3, 0.4) is 0 Å². The molecule has 1 aliphatic heterocycles. The van der Waals surface area contributed by atoms with Crippen molar-refractivity contribution in [2.75, 3.05) is 27.3 Å². The minimum absolute atomic E-state index is 0.0554. The molecule has 0 saturated heterocycles. The lowest BCUT2D eigenvalue weighted by Crippen LogP contribution is -2.37. The van der Waals surface area contributed by atoms with Crippen LogP contribution in [0, 0.1) is 0 Å².